The Morgan fingerprint density at radius 1 is 1.50 bits per heavy atom. The minimum Gasteiger partial charge on any atom is -0.304 e. The normalized spacial score (nSPS) is 28.9. The summed E-state index contributed by atoms with van der Waals surface area (Å²) < 4.78 is 0. The predicted octanol–water partition coefficient (Wildman–Crippen LogP) is 1.36. The summed E-state index contributed by atoms with van der Waals surface area (Å²) in [6.07, 6.45) is 5.27. The van der Waals surface area contributed by atoms with Crippen molar-refractivity contribution in [3.63, 3.8) is 0 Å². The van der Waals surface area contributed by atoms with Gasteiger partial charge in [0.1, 0.15) is 12.0 Å². The van der Waals surface area contributed by atoms with Crippen molar-refractivity contribution in [2.75, 3.05) is 0 Å². The predicted molar refractivity (Wildman–Crippen MR) is 52.5 cm³/mol. The van der Waals surface area contributed by atoms with Crippen LogP contribution in [0.3, 0.4) is 0 Å². The van der Waals surface area contributed by atoms with Crippen LogP contribution >= 0.6 is 0 Å². The van der Waals surface area contributed by atoms with E-state index in [2.05, 4.69) is 23.8 Å². The number of rotatable bonds is 1. The van der Waals surface area contributed by atoms with Gasteiger partial charge in [-0.3, -0.25) is 0 Å². The Labute approximate surface area is 73.1 Å². The zero-order valence-corrected chi connectivity index (χ0v) is 7.78. The summed E-state index contributed by atoms with van der Waals surface area (Å²) >= 11 is 0. The summed E-state index contributed by atoms with van der Waals surface area (Å²) in [5.74, 6) is 0.443. The van der Waals surface area contributed by atoms with Crippen LogP contribution in [0.25, 0.3) is 0 Å². The lowest BCUT2D eigenvalue weighted by Gasteiger charge is -2.15. The van der Waals surface area contributed by atoms with E-state index in [9.17, 15) is 0 Å². The highest BCUT2D eigenvalue weighted by Gasteiger charge is 2.15. The summed E-state index contributed by atoms with van der Waals surface area (Å²) in [7, 11) is 0. The van der Waals surface area contributed by atoms with Crippen molar-refractivity contribution in [2.24, 2.45) is 21.6 Å². The zero-order valence-electron chi connectivity index (χ0n) is 7.78. The molecule has 3 nitrogen and oxygen atoms in total. The summed E-state index contributed by atoms with van der Waals surface area (Å²) in [5, 5.41) is 0. The summed E-state index contributed by atoms with van der Waals surface area (Å²) in [6.45, 7) is 6.08. The number of aliphatic imine (C=N–C) groups is 2. The molecular weight excluding hydrogens is 150 g/mol. The van der Waals surface area contributed by atoms with Crippen LogP contribution in [0.4, 0.5) is 0 Å². The van der Waals surface area contributed by atoms with E-state index in [0.29, 0.717) is 5.92 Å². The van der Waals surface area contributed by atoms with Gasteiger partial charge < -0.3 is 5.73 Å². The van der Waals surface area contributed by atoms with E-state index in [0.717, 1.165) is 5.57 Å². The van der Waals surface area contributed by atoms with Crippen molar-refractivity contribution in [1.82, 2.24) is 0 Å². The van der Waals surface area contributed by atoms with E-state index in [1.807, 2.05) is 19.2 Å². The van der Waals surface area contributed by atoms with Gasteiger partial charge in [0.25, 0.3) is 0 Å². The molecule has 1 heterocycles. The molecule has 0 spiro atoms. The van der Waals surface area contributed by atoms with Gasteiger partial charge in [0.05, 0.1) is 0 Å². The van der Waals surface area contributed by atoms with Crippen molar-refractivity contribution < 1.29 is 0 Å². The lowest BCUT2D eigenvalue weighted by Crippen LogP contribution is -2.31. The standard InChI is InChI=1S/C9H15N3/c1-7(2)8-4-9(3,10)12-6-11-5-8/h4-7H,10H2,1-3H3. The maximum atomic E-state index is 5.85. The van der Waals surface area contributed by atoms with Crippen LogP contribution in [0.15, 0.2) is 21.6 Å². The van der Waals surface area contributed by atoms with Crippen LogP contribution in [0.1, 0.15) is 20.8 Å². The first-order chi connectivity index (χ1) is 5.51. The Morgan fingerprint density at radius 2 is 2.17 bits per heavy atom. The summed E-state index contributed by atoms with van der Waals surface area (Å²) in [6, 6.07) is 0. The van der Waals surface area contributed by atoms with Crippen LogP contribution in [0.2, 0.25) is 0 Å². The van der Waals surface area contributed by atoms with Gasteiger partial charge in [0.15, 0.2) is 0 Å². The van der Waals surface area contributed by atoms with Crippen LogP contribution in [0.5, 0.6) is 0 Å². The summed E-state index contributed by atoms with van der Waals surface area (Å²) in [4.78, 5) is 8.07. The fraction of sp³-hybridized carbons (Fsp3) is 0.556. The fourth-order valence-electron chi connectivity index (χ4n) is 1.00. The first-order valence-electron chi connectivity index (χ1n) is 4.10. The third kappa shape index (κ3) is 2.27. The number of allylic oxidation sites excluding steroid dienone is 1. The molecule has 2 N–H and O–H groups in total. The topological polar surface area (TPSA) is 50.7 Å². The molecular formula is C9H15N3. The van der Waals surface area contributed by atoms with Crippen LogP contribution < -0.4 is 5.73 Å². The molecule has 1 aliphatic heterocycles. The molecule has 66 valence electrons. The Hall–Kier alpha value is -0.960. The van der Waals surface area contributed by atoms with Gasteiger partial charge in [0.2, 0.25) is 0 Å². The second-order valence-electron chi connectivity index (χ2n) is 3.55. The molecule has 0 aliphatic carbocycles. The van der Waals surface area contributed by atoms with Crippen molar-refractivity contribution >= 4 is 12.6 Å². The lowest BCUT2D eigenvalue weighted by atomic mass is 10.0. The van der Waals surface area contributed by atoms with E-state index in [1.54, 1.807) is 0 Å². The second-order valence-corrected chi connectivity index (χ2v) is 3.55. The highest BCUT2D eigenvalue weighted by molar-refractivity contribution is 5.86. The average molecular weight is 165 g/mol. The molecule has 0 saturated heterocycles. The maximum Gasteiger partial charge on any atom is 0.126 e. The summed E-state index contributed by atoms with van der Waals surface area (Å²) in [5.41, 5.74) is 6.39. The number of nitrogens with two attached hydrogens (primary N) is 1. The van der Waals surface area contributed by atoms with Crippen molar-refractivity contribution in [2.45, 2.75) is 26.4 Å². The maximum absolute atomic E-state index is 5.85. The largest absolute Gasteiger partial charge is 0.304 e. The minimum atomic E-state index is -0.601. The third-order valence-corrected chi connectivity index (χ3v) is 1.75. The van der Waals surface area contributed by atoms with E-state index in [4.69, 9.17) is 5.73 Å². The van der Waals surface area contributed by atoms with Gasteiger partial charge in [-0.25, -0.2) is 9.98 Å². The lowest BCUT2D eigenvalue weighted by molar-refractivity contribution is 0.613. The zero-order chi connectivity index (χ0) is 9.19. The number of nitrogens with zero attached hydrogens (tertiary/aromatic N) is 2. The van der Waals surface area contributed by atoms with E-state index < -0.39 is 5.66 Å². The second kappa shape index (κ2) is 3.19. The van der Waals surface area contributed by atoms with Crippen molar-refractivity contribution in [1.29, 1.82) is 0 Å². The molecule has 0 fully saturated rings. The first-order valence-corrected chi connectivity index (χ1v) is 4.10. The molecule has 1 atom stereocenters. The Bertz CT molecular complexity index is 246. The monoisotopic (exact) mass is 165 g/mol. The Kier molecular flexibility index (Phi) is 2.43. The molecule has 1 aliphatic rings. The molecule has 3 heteroatoms. The van der Waals surface area contributed by atoms with E-state index in [1.165, 1.54) is 6.34 Å². The Balaban J connectivity index is 2.95. The SMILES string of the molecule is CC(C)C1=CC(C)(N)N=CN=C1. The average Bonchev–Trinajstić information content (AvgIpc) is 2.10. The van der Waals surface area contributed by atoms with Crippen molar-refractivity contribution in [3.8, 4) is 0 Å². The third-order valence-electron chi connectivity index (χ3n) is 1.75. The van der Waals surface area contributed by atoms with Gasteiger partial charge in [-0.15, -0.1) is 0 Å². The molecule has 1 unspecified atom stereocenters. The minimum absolute atomic E-state index is 0.443. The molecule has 0 amide bonds. The molecule has 0 aromatic heterocycles. The molecule has 1 rings (SSSR count). The van der Waals surface area contributed by atoms with Crippen LogP contribution in [0, 0.1) is 5.92 Å². The number of hydrogen-bond donors (Lipinski definition) is 1. The molecule has 12 heavy (non-hydrogen) atoms. The van der Waals surface area contributed by atoms with Gasteiger partial charge in [-0.1, -0.05) is 13.8 Å². The first kappa shape index (κ1) is 9.13. The molecule has 0 radical (unpaired) electrons. The quantitative estimate of drug-likeness (QED) is 0.626. The van der Waals surface area contributed by atoms with Crippen LogP contribution in [-0.2, 0) is 0 Å². The molecule has 0 aromatic carbocycles. The van der Waals surface area contributed by atoms with Crippen LogP contribution in [-0.4, -0.2) is 18.2 Å². The Morgan fingerprint density at radius 3 is 2.75 bits per heavy atom. The molecule has 0 bridgehead atoms. The number of hydrogen-bond acceptors (Lipinski definition) is 3. The smallest absolute Gasteiger partial charge is 0.126 e. The highest BCUT2D eigenvalue weighted by atomic mass is 15.0. The highest BCUT2D eigenvalue weighted by Crippen LogP contribution is 2.14. The molecule has 0 aromatic rings. The fourth-order valence-corrected chi connectivity index (χ4v) is 1.00. The van der Waals surface area contributed by atoms with Gasteiger partial charge >= 0.3 is 0 Å². The van der Waals surface area contributed by atoms with Gasteiger partial charge in [0, 0.05) is 6.21 Å². The van der Waals surface area contributed by atoms with Gasteiger partial charge in [-0.2, -0.15) is 0 Å². The molecule has 0 saturated carbocycles. The van der Waals surface area contributed by atoms with E-state index in [-0.39, 0.29) is 0 Å². The van der Waals surface area contributed by atoms with Crippen molar-refractivity contribution in [3.05, 3.63) is 11.6 Å². The van der Waals surface area contributed by atoms with Gasteiger partial charge in [-0.05, 0) is 24.5 Å². The van der Waals surface area contributed by atoms with E-state index >= 15 is 0 Å².